The molecule has 0 bridgehead atoms. The van der Waals surface area contributed by atoms with Crippen LogP contribution in [0.3, 0.4) is 0 Å². The van der Waals surface area contributed by atoms with Gasteiger partial charge in [0.1, 0.15) is 6.61 Å². The van der Waals surface area contributed by atoms with Gasteiger partial charge in [0.25, 0.3) is 0 Å². The highest BCUT2D eigenvalue weighted by atomic mass is 32.2. The number of sulfone groups is 1. The average Bonchev–Trinajstić information content (AvgIpc) is 2.82. The Morgan fingerprint density at radius 1 is 0.839 bits per heavy atom. The van der Waals surface area contributed by atoms with Crippen molar-refractivity contribution in [2.24, 2.45) is 0 Å². The van der Waals surface area contributed by atoms with Crippen LogP contribution in [-0.4, -0.2) is 26.7 Å². The van der Waals surface area contributed by atoms with E-state index in [4.69, 9.17) is 4.74 Å². The van der Waals surface area contributed by atoms with Gasteiger partial charge in [-0.2, -0.15) is 0 Å². The van der Waals surface area contributed by atoms with Crippen LogP contribution in [0.25, 0.3) is 12.2 Å². The van der Waals surface area contributed by atoms with Gasteiger partial charge in [0.2, 0.25) is 9.84 Å². The molecular formula is C25H22O4S2. The molecule has 0 aliphatic carbocycles. The van der Waals surface area contributed by atoms with E-state index < -0.39 is 15.8 Å². The molecule has 0 saturated carbocycles. The lowest BCUT2D eigenvalue weighted by Crippen LogP contribution is -2.03. The molecule has 0 aliphatic heterocycles. The second kappa shape index (κ2) is 10.8. The van der Waals surface area contributed by atoms with E-state index in [-0.39, 0.29) is 9.79 Å². The van der Waals surface area contributed by atoms with Gasteiger partial charge < -0.3 is 4.74 Å². The minimum atomic E-state index is -3.50. The smallest absolute Gasteiger partial charge is 0.330 e. The number of esters is 1. The van der Waals surface area contributed by atoms with E-state index in [2.05, 4.69) is 6.58 Å². The van der Waals surface area contributed by atoms with Crippen LogP contribution in [-0.2, 0) is 19.4 Å². The highest BCUT2D eigenvalue weighted by molar-refractivity contribution is 7.99. The molecule has 0 fully saturated rings. The Labute approximate surface area is 187 Å². The quantitative estimate of drug-likeness (QED) is 0.141. The first-order valence-electron chi connectivity index (χ1n) is 9.59. The number of carbonyl (C=O) groups excluding carboxylic acids is 1. The van der Waals surface area contributed by atoms with Gasteiger partial charge in [-0.15, -0.1) is 11.8 Å². The molecule has 0 spiro atoms. The van der Waals surface area contributed by atoms with Crippen molar-refractivity contribution in [2.75, 3.05) is 12.4 Å². The summed E-state index contributed by atoms with van der Waals surface area (Å²) in [5.41, 5.74) is 1.94. The Balaban J connectivity index is 1.58. The first-order chi connectivity index (χ1) is 15.0. The van der Waals surface area contributed by atoms with E-state index in [1.807, 2.05) is 36.4 Å². The van der Waals surface area contributed by atoms with Crippen molar-refractivity contribution in [2.45, 2.75) is 14.7 Å². The third kappa shape index (κ3) is 6.44. The SMILES string of the molecule is C=CC(=O)OCCSc1ccc(C=Cc2ccc(S(=O)(=O)c3ccccc3)cc2)cc1. The third-order valence-corrected chi connectivity index (χ3v) is 7.12. The van der Waals surface area contributed by atoms with Crippen molar-refractivity contribution in [1.29, 1.82) is 0 Å². The van der Waals surface area contributed by atoms with Crippen molar-refractivity contribution in [3.05, 3.63) is 103 Å². The summed E-state index contributed by atoms with van der Waals surface area (Å²) >= 11 is 1.61. The van der Waals surface area contributed by atoms with E-state index in [9.17, 15) is 13.2 Å². The molecule has 0 aromatic heterocycles. The van der Waals surface area contributed by atoms with Crippen molar-refractivity contribution < 1.29 is 17.9 Å². The molecule has 0 heterocycles. The first kappa shape index (κ1) is 22.6. The van der Waals surface area contributed by atoms with Gasteiger partial charge >= 0.3 is 5.97 Å². The van der Waals surface area contributed by atoms with Crippen LogP contribution in [0.1, 0.15) is 11.1 Å². The number of ether oxygens (including phenoxy) is 1. The van der Waals surface area contributed by atoms with Crippen LogP contribution >= 0.6 is 11.8 Å². The zero-order valence-electron chi connectivity index (χ0n) is 16.8. The van der Waals surface area contributed by atoms with E-state index in [1.165, 1.54) is 0 Å². The Hall–Kier alpha value is -3.09. The van der Waals surface area contributed by atoms with Gasteiger partial charge in [0, 0.05) is 16.7 Å². The highest BCUT2D eigenvalue weighted by Gasteiger charge is 2.16. The summed E-state index contributed by atoms with van der Waals surface area (Å²) in [4.78, 5) is 12.6. The molecule has 4 nitrogen and oxygen atoms in total. The van der Waals surface area contributed by atoms with Crippen molar-refractivity contribution >= 4 is 39.7 Å². The summed E-state index contributed by atoms with van der Waals surface area (Å²) in [7, 11) is -3.50. The molecule has 6 heteroatoms. The zero-order chi connectivity index (χ0) is 22.1. The molecule has 31 heavy (non-hydrogen) atoms. The molecule has 158 valence electrons. The Morgan fingerprint density at radius 2 is 1.39 bits per heavy atom. The molecule has 0 radical (unpaired) electrons. The van der Waals surface area contributed by atoms with Crippen molar-refractivity contribution in [3.63, 3.8) is 0 Å². The summed E-state index contributed by atoms with van der Waals surface area (Å²) in [5.74, 6) is 0.263. The summed E-state index contributed by atoms with van der Waals surface area (Å²) in [6.07, 6.45) is 5.07. The third-order valence-electron chi connectivity index (χ3n) is 4.36. The van der Waals surface area contributed by atoms with Crippen LogP contribution in [0, 0.1) is 0 Å². The minimum absolute atomic E-state index is 0.274. The standard InChI is InChI=1S/C25H22O4S2/c1-2-25(26)29-18-19-30-22-14-10-20(11-15-22)8-9-21-12-16-24(17-13-21)31(27,28)23-6-4-3-5-7-23/h2-17H,1,18-19H2. The Bertz CT molecular complexity index is 1150. The molecule has 0 aliphatic rings. The predicted octanol–water partition coefficient (Wildman–Crippen LogP) is 5.51. The number of hydrogen-bond acceptors (Lipinski definition) is 5. The maximum Gasteiger partial charge on any atom is 0.330 e. The molecule has 0 saturated heterocycles. The zero-order valence-corrected chi connectivity index (χ0v) is 18.4. The molecule has 3 aromatic carbocycles. The normalized spacial score (nSPS) is 11.4. The van der Waals surface area contributed by atoms with Crippen LogP contribution in [0.2, 0.25) is 0 Å². The fraction of sp³-hybridized carbons (Fsp3) is 0.0800. The van der Waals surface area contributed by atoms with E-state index in [0.29, 0.717) is 12.4 Å². The van der Waals surface area contributed by atoms with Gasteiger partial charge in [0.15, 0.2) is 0 Å². The van der Waals surface area contributed by atoms with Crippen molar-refractivity contribution in [3.8, 4) is 0 Å². The van der Waals surface area contributed by atoms with E-state index in [0.717, 1.165) is 22.1 Å². The summed E-state index contributed by atoms with van der Waals surface area (Å²) < 4.78 is 30.3. The molecule has 3 rings (SSSR count). The number of thioether (sulfide) groups is 1. The van der Waals surface area contributed by atoms with Gasteiger partial charge in [-0.25, -0.2) is 13.2 Å². The second-order valence-corrected chi connectivity index (χ2v) is 9.63. The van der Waals surface area contributed by atoms with Crippen LogP contribution in [0.15, 0.2) is 106 Å². The molecule has 0 atom stereocenters. The van der Waals surface area contributed by atoms with Crippen LogP contribution < -0.4 is 0 Å². The molecule has 0 unspecified atom stereocenters. The maximum atomic E-state index is 12.7. The lowest BCUT2D eigenvalue weighted by molar-refractivity contribution is -0.137. The minimum Gasteiger partial charge on any atom is -0.462 e. The average molecular weight is 451 g/mol. The van der Waals surface area contributed by atoms with Gasteiger partial charge in [-0.3, -0.25) is 0 Å². The maximum absolute atomic E-state index is 12.7. The van der Waals surface area contributed by atoms with Crippen LogP contribution in [0.5, 0.6) is 0 Å². The fourth-order valence-corrected chi connectivity index (χ4v) is 4.74. The van der Waals surface area contributed by atoms with E-state index >= 15 is 0 Å². The number of hydrogen-bond donors (Lipinski definition) is 0. The van der Waals surface area contributed by atoms with Gasteiger partial charge in [0.05, 0.1) is 9.79 Å². The van der Waals surface area contributed by atoms with Gasteiger partial charge in [-0.05, 0) is 47.5 Å². The summed E-state index contributed by atoms with van der Waals surface area (Å²) in [6.45, 7) is 3.70. The second-order valence-electron chi connectivity index (χ2n) is 6.51. The Kier molecular flexibility index (Phi) is 7.87. The Morgan fingerprint density at radius 3 is 1.97 bits per heavy atom. The van der Waals surface area contributed by atoms with Crippen LogP contribution in [0.4, 0.5) is 0 Å². The fourth-order valence-electron chi connectivity index (χ4n) is 2.72. The first-order valence-corrected chi connectivity index (χ1v) is 12.1. The topological polar surface area (TPSA) is 60.4 Å². The lowest BCUT2D eigenvalue weighted by Gasteiger charge is -2.05. The summed E-state index contributed by atoms with van der Waals surface area (Å²) in [6, 6.07) is 23.3. The molecule has 3 aromatic rings. The lowest BCUT2D eigenvalue weighted by atomic mass is 10.1. The van der Waals surface area contributed by atoms with Crippen molar-refractivity contribution in [1.82, 2.24) is 0 Å². The molecular weight excluding hydrogens is 428 g/mol. The molecule has 0 N–H and O–H groups in total. The number of rotatable bonds is 9. The molecule has 0 amide bonds. The highest BCUT2D eigenvalue weighted by Crippen LogP contribution is 2.22. The monoisotopic (exact) mass is 450 g/mol. The van der Waals surface area contributed by atoms with Gasteiger partial charge in [-0.1, -0.05) is 61.2 Å². The largest absolute Gasteiger partial charge is 0.462 e. The predicted molar refractivity (Wildman–Crippen MR) is 126 cm³/mol. The number of carbonyl (C=O) groups is 1. The number of benzene rings is 3. The van der Waals surface area contributed by atoms with E-state index in [1.54, 1.807) is 66.4 Å². The summed E-state index contributed by atoms with van der Waals surface area (Å²) in [5, 5.41) is 0.